The van der Waals surface area contributed by atoms with Crippen LogP contribution < -0.4 is 5.73 Å². The maximum atomic E-state index is 6.43. The lowest BCUT2D eigenvalue weighted by Crippen LogP contribution is -2.12. The van der Waals surface area contributed by atoms with Crippen molar-refractivity contribution in [1.82, 2.24) is 9.97 Å². The van der Waals surface area contributed by atoms with Crippen LogP contribution in [0.3, 0.4) is 0 Å². The summed E-state index contributed by atoms with van der Waals surface area (Å²) < 4.78 is 2.19. The number of benzene rings is 2. The van der Waals surface area contributed by atoms with Crippen LogP contribution in [0.1, 0.15) is 32.1 Å². The maximum Gasteiger partial charge on any atom is 0.190 e. The molecule has 0 unspecified atom stereocenters. The number of fused-ring (bicyclic) bond motifs is 3. The zero-order chi connectivity index (χ0) is 20.8. The van der Waals surface area contributed by atoms with Gasteiger partial charge in [-0.15, -0.1) is 23.1 Å². The SMILES string of the molecule is CSc1nc(N)c2c3c(sc2n1)[C@H](c1ccc(Br)cc1)S[C@H](c1ccc(Br)cc1)C3. The third kappa shape index (κ3) is 3.81. The van der Waals surface area contributed by atoms with Gasteiger partial charge in [0.2, 0.25) is 0 Å². The molecule has 30 heavy (non-hydrogen) atoms. The molecule has 0 radical (unpaired) electrons. The van der Waals surface area contributed by atoms with Crippen LogP contribution in [0.5, 0.6) is 0 Å². The smallest absolute Gasteiger partial charge is 0.190 e. The fraction of sp³-hybridized carbons (Fsp3) is 0.182. The molecule has 0 amide bonds. The monoisotopic (exact) mass is 577 g/mol. The third-order valence-electron chi connectivity index (χ3n) is 5.21. The molecule has 1 aliphatic heterocycles. The minimum absolute atomic E-state index is 0.242. The Morgan fingerprint density at radius 3 is 2.23 bits per heavy atom. The number of nitrogen functional groups attached to an aromatic ring is 1. The number of thioether (sulfide) groups is 2. The number of nitrogens with two attached hydrogens (primary N) is 1. The van der Waals surface area contributed by atoms with E-state index in [2.05, 4.69) is 85.4 Å². The quantitative estimate of drug-likeness (QED) is 0.200. The molecule has 2 aromatic heterocycles. The van der Waals surface area contributed by atoms with E-state index in [9.17, 15) is 0 Å². The zero-order valence-corrected chi connectivity index (χ0v) is 21.6. The number of nitrogens with zero attached hydrogens (tertiary/aromatic N) is 2. The number of thiophene rings is 1. The first-order valence-corrected chi connectivity index (χ1v) is 13.9. The van der Waals surface area contributed by atoms with E-state index in [1.807, 2.05) is 18.0 Å². The normalized spacial score (nSPS) is 18.5. The van der Waals surface area contributed by atoms with Crippen LogP contribution >= 0.6 is 66.7 Å². The van der Waals surface area contributed by atoms with Gasteiger partial charge >= 0.3 is 0 Å². The van der Waals surface area contributed by atoms with Gasteiger partial charge in [0.15, 0.2) is 5.16 Å². The number of hydrogen-bond donors (Lipinski definition) is 1. The topological polar surface area (TPSA) is 51.8 Å². The second-order valence-corrected chi connectivity index (χ2v) is 12.0. The van der Waals surface area contributed by atoms with Crippen molar-refractivity contribution in [2.45, 2.75) is 22.1 Å². The Morgan fingerprint density at radius 1 is 0.967 bits per heavy atom. The summed E-state index contributed by atoms with van der Waals surface area (Å²) in [5.74, 6) is 0.595. The van der Waals surface area contributed by atoms with Gasteiger partial charge in [-0.3, -0.25) is 0 Å². The molecule has 0 spiro atoms. The van der Waals surface area contributed by atoms with Crippen LogP contribution in [-0.2, 0) is 6.42 Å². The van der Waals surface area contributed by atoms with E-state index in [0.717, 1.165) is 30.7 Å². The highest BCUT2D eigenvalue weighted by molar-refractivity contribution is 9.10. The first kappa shape index (κ1) is 20.8. The predicted octanol–water partition coefficient (Wildman–Crippen LogP) is 7.64. The average Bonchev–Trinajstić information content (AvgIpc) is 3.13. The molecule has 3 heterocycles. The van der Waals surface area contributed by atoms with E-state index in [0.29, 0.717) is 11.1 Å². The fourth-order valence-corrected chi connectivity index (χ4v) is 7.77. The summed E-state index contributed by atoms with van der Waals surface area (Å²) in [5, 5.41) is 2.36. The van der Waals surface area contributed by atoms with Gasteiger partial charge in [0.1, 0.15) is 10.6 Å². The molecule has 4 aromatic rings. The van der Waals surface area contributed by atoms with E-state index in [-0.39, 0.29) is 5.25 Å². The Labute approximate surface area is 204 Å². The van der Waals surface area contributed by atoms with E-state index < -0.39 is 0 Å². The van der Waals surface area contributed by atoms with Crippen molar-refractivity contribution in [3.05, 3.63) is 79.0 Å². The summed E-state index contributed by atoms with van der Waals surface area (Å²) in [5.41, 5.74) is 10.4. The largest absolute Gasteiger partial charge is 0.383 e. The minimum Gasteiger partial charge on any atom is -0.383 e. The summed E-state index contributed by atoms with van der Waals surface area (Å²) in [6.45, 7) is 0. The second kappa shape index (κ2) is 8.47. The van der Waals surface area contributed by atoms with Crippen LogP contribution in [0, 0.1) is 0 Å². The second-order valence-electron chi connectivity index (χ2n) is 7.03. The summed E-state index contributed by atoms with van der Waals surface area (Å²) in [4.78, 5) is 11.7. The molecule has 0 aliphatic carbocycles. The summed E-state index contributed by atoms with van der Waals surface area (Å²) >= 11 is 12.4. The van der Waals surface area contributed by atoms with E-state index in [4.69, 9.17) is 10.7 Å². The minimum atomic E-state index is 0.242. The van der Waals surface area contributed by atoms with Gasteiger partial charge in [0.25, 0.3) is 0 Å². The Bertz CT molecular complexity index is 1220. The van der Waals surface area contributed by atoms with Crippen molar-refractivity contribution in [3.8, 4) is 0 Å². The lowest BCUT2D eigenvalue weighted by atomic mass is 9.98. The van der Waals surface area contributed by atoms with Crippen molar-refractivity contribution in [2.75, 3.05) is 12.0 Å². The fourth-order valence-electron chi connectivity index (χ4n) is 3.79. The molecule has 3 nitrogen and oxygen atoms in total. The van der Waals surface area contributed by atoms with E-state index >= 15 is 0 Å². The summed E-state index contributed by atoms with van der Waals surface area (Å²) in [6, 6.07) is 17.3. The van der Waals surface area contributed by atoms with Gasteiger partial charge in [-0.1, -0.05) is 67.9 Å². The molecule has 2 atom stereocenters. The first-order valence-electron chi connectivity index (χ1n) is 9.32. The van der Waals surface area contributed by atoms with Gasteiger partial charge < -0.3 is 5.73 Å². The molecule has 1 aliphatic rings. The van der Waals surface area contributed by atoms with Crippen molar-refractivity contribution in [1.29, 1.82) is 0 Å². The van der Waals surface area contributed by atoms with Gasteiger partial charge in [0, 0.05) is 19.1 Å². The van der Waals surface area contributed by atoms with Gasteiger partial charge in [0.05, 0.1) is 10.6 Å². The lowest BCUT2D eigenvalue weighted by molar-refractivity contribution is 0.893. The number of anilines is 1. The highest BCUT2D eigenvalue weighted by atomic mass is 79.9. The summed E-state index contributed by atoms with van der Waals surface area (Å²) in [6.07, 6.45) is 2.92. The molecule has 8 heteroatoms. The Hall–Kier alpha value is -1.06. The highest BCUT2D eigenvalue weighted by Crippen LogP contribution is 2.56. The molecule has 0 saturated heterocycles. The maximum absolute atomic E-state index is 6.43. The van der Waals surface area contributed by atoms with Crippen LogP contribution in [0.2, 0.25) is 0 Å². The Kier molecular flexibility index (Phi) is 5.88. The molecular weight excluding hydrogens is 562 g/mol. The number of halogens is 2. The molecular formula is C22H17Br2N3S3. The van der Waals surface area contributed by atoms with Crippen LogP contribution in [0.4, 0.5) is 5.82 Å². The third-order valence-corrected chi connectivity index (χ3v) is 9.71. The first-order chi connectivity index (χ1) is 14.5. The van der Waals surface area contributed by atoms with Crippen LogP contribution in [0.25, 0.3) is 10.2 Å². The molecule has 152 valence electrons. The van der Waals surface area contributed by atoms with Gasteiger partial charge in [-0.2, -0.15) is 0 Å². The van der Waals surface area contributed by atoms with Crippen molar-refractivity contribution >= 4 is 82.8 Å². The standard InChI is InChI=1S/C22H17Br2N3S3/c1-28-22-26-20(25)17-15-10-16(11-2-6-13(23)7-3-11)29-18(19(15)30-21(17)27-22)12-4-8-14(24)9-5-12/h2-9,16,18H,10H2,1H3,(H2,25,26,27)/t16-,18-/m0/s1. The highest BCUT2D eigenvalue weighted by Gasteiger charge is 2.34. The Balaban J connectivity index is 1.69. The molecule has 5 rings (SSSR count). The van der Waals surface area contributed by atoms with Crippen molar-refractivity contribution < 1.29 is 0 Å². The predicted molar refractivity (Wildman–Crippen MR) is 138 cm³/mol. The zero-order valence-electron chi connectivity index (χ0n) is 15.9. The lowest BCUT2D eigenvalue weighted by Gasteiger charge is -2.30. The molecule has 0 saturated carbocycles. The number of aromatic nitrogens is 2. The molecule has 2 aromatic carbocycles. The van der Waals surface area contributed by atoms with Crippen molar-refractivity contribution in [2.24, 2.45) is 0 Å². The van der Waals surface area contributed by atoms with Crippen molar-refractivity contribution in [3.63, 3.8) is 0 Å². The number of hydrogen-bond acceptors (Lipinski definition) is 6. The Morgan fingerprint density at radius 2 is 1.60 bits per heavy atom. The molecule has 0 bridgehead atoms. The van der Waals surface area contributed by atoms with E-state index in [1.54, 1.807) is 11.3 Å². The number of rotatable bonds is 3. The van der Waals surface area contributed by atoms with Crippen LogP contribution in [0.15, 0.2) is 62.6 Å². The summed E-state index contributed by atoms with van der Waals surface area (Å²) in [7, 11) is 0. The molecule has 0 fully saturated rings. The van der Waals surface area contributed by atoms with Crippen LogP contribution in [-0.4, -0.2) is 16.2 Å². The van der Waals surface area contributed by atoms with Gasteiger partial charge in [-0.05, 0) is 53.6 Å². The molecule has 2 N–H and O–H groups in total. The van der Waals surface area contributed by atoms with E-state index in [1.165, 1.54) is 33.3 Å². The van der Waals surface area contributed by atoms with Gasteiger partial charge in [-0.25, -0.2) is 9.97 Å². The average molecular weight is 579 g/mol.